The summed E-state index contributed by atoms with van der Waals surface area (Å²) in [5, 5.41) is 3.64. The molecule has 1 saturated heterocycles. The maximum absolute atomic E-state index is 12.5. The molecular weight excluding hydrogens is 224 g/mol. The quantitative estimate of drug-likeness (QED) is 0.834. The van der Waals surface area contributed by atoms with Gasteiger partial charge in [0.05, 0.1) is 6.04 Å². The molecule has 0 aromatic heterocycles. The van der Waals surface area contributed by atoms with Gasteiger partial charge in [0, 0.05) is 19.1 Å². The van der Waals surface area contributed by atoms with E-state index in [0.29, 0.717) is 11.9 Å². The average Bonchev–Trinajstić information content (AvgIpc) is 2.43. The van der Waals surface area contributed by atoms with Gasteiger partial charge in [-0.3, -0.25) is 4.79 Å². The van der Waals surface area contributed by atoms with Gasteiger partial charge >= 0.3 is 0 Å². The van der Waals surface area contributed by atoms with Gasteiger partial charge in [-0.05, 0) is 44.9 Å². The van der Waals surface area contributed by atoms with Crippen LogP contribution < -0.4 is 5.32 Å². The molecule has 2 fully saturated rings. The van der Waals surface area contributed by atoms with E-state index >= 15 is 0 Å². The number of piperidine rings is 1. The second-order valence-corrected chi connectivity index (χ2v) is 5.87. The first-order chi connectivity index (χ1) is 8.76. The Bertz CT molecular complexity index is 280. The molecule has 18 heavy (non-hydrogen) atoms. The maximum atomic E-state index is 12.5. The zero-order chi connectivity index (χ0) is 13.0. The van der Waals surface area contributed by atoms with E-state index in [9.17, 15) is 4.79 Å². The zero-order valence-electron chi connectivity index (χ0n) is 12.0. The van der Waals surface area contributed by atoms with Crippen LogP contribution in [-0.2, 0) is 4.79 Å². The highest BCUT2D eigenvalue weighted by Crippen LogP contribution is 2.32. The number of fused-ring (bicyclic) bond motifs is 1. The van der Waals surface area contributed by atoms with E-state index in [0.717, 1.165) is 31.8 Å². The van der Waals surface area contributed by atoms with Crippen LogP contribution in [0.4, 0.5) is 0 Å². The first kappa shape index (κ1) is 13.9. The third-order valence-corrected chi connectivity index (χ3v) is 4.64. The summed E-state index contributed by atoms with van der Waals surface area (Å²) in [6, 6.07) is 0.706. The minimum Gasteiger partial charge on any atom is -0.342 e. The Morgan fingerprint density at radius 2 is 1.94 bits per heavy atom. The molecular formula is C15H28N2O. The fourth-order valence-electron chi connectivity index (χ4n) is 3.60. The lowest BCUT2D eigenvalue weighted by molar-refractivity contribution is -0.134. The summed E-state index contributed by atoms with van der Waals surface area (Å²) in [4.78, 5) is 14.5. The number of hydrogen-bond acceptors (Lipinski definition) is 2. The number of amides is 1. The zero-order valence-corrected chi connectivity index (χ0v) is 12.0. The van der Waals surface area contributed by atoms with Crippen molar-refractivity contribution in [3.63, 3.8) is 0 Å². The second-order valence-electron chi connectivity index (χ2n) is 5.87. The van der Waals surface area contributed by atoms with Crippen LogP contribution in [0.5, 0.6) is 0 Å². The Hall–Kier alpha value is -0.570. The minimum atomic E-state index is 0.0934. The van der Waals surface area contributed by atoms with Gasteiger partial charge in [0.1, 0.15) is 0 Å². The van der Waals surface area contributed by atoms with Crippen molar-refractivity contribution in [3.8, 4) is 0 Å². The average molecular weight is 252 g/mol. The van der Waals surface area contributed by atoms with Gasteiger partial charge in [0.2, 0.25) is 5.91 Å². The summed E-state index contributed by atoms with van der Waals surface area (Å²) in [6.07, 6.45) is 8.70. The summed E-state index contributed by atoms with van der Waals surface area (Å²) < 4.78 is 0. The summed E-state index contributed by atoms with van der Waals surface area (Å²) in [5.41, 5.74) is 0. The van der Waals surface area contributed by atoms with Gasteiger partial charge in [-0.25, -0.2) is 0 Å². The van der Waals surface area contributed by atoms with Crippen molar-refractivity contribution in [1.82, 2.24) is 10.2 Å². The number of nitrogens with one attached hydrogen (secondary N) is 1. The predicted octanol–water partition coefficient (Wildman–Crippen LogP) is 2.56. The van der Waals surface area contributed by atoms with E-state index in [4.69, 9.17) is 0 Å². The molecule has 0 aromatic rings. The van der Waals surface area contributed by atoms with Gasteiger partial charge in [-0.15, -0.1) is 0 Å². The Kier molecular flexibility index (Phi) is 5.04. The van der Waals surface area contributed by atoms with Crippen LogP contribution in [0, 0.1) is 5.92 Å². The first-order valence-corrected chi connectivity index (χ1v) is 7.81. The van der Waals surface area contributed by atoms with Crippen LogP contribution in [0.25, 0.3) is 0 Å². The van der Waals surface area contributed by atoms with Gasteiger partial charge in [0.15, 0.2) is 0 Å². The molecule has 0 bridgehead atoms. The molecule has 3 nitrogen and oxygen atoms in total. The highest BCUT2D eigenvalue weighted by atomic mass is 16.2. The van der Waals surface area contributed by atoms with Crippen molar-refractivity contribution in [2.75, 3.05) is 13.1 Å². The molecule has 3 unspecified atom stereocenters. The van der Waals surface area contributed by atoms with E-state index in [1.54, 1.807) is 0 Å². The van der Waals surface area contributed by atoms with E-state index in [1.165, 1.54) is 32.1 Å². The Labute approximate surface area is 111 Å². The molecule has 1 aliphatic carbocycles. The SMILES string of the molecule is CCCN(CC)C(=O)C1CCC2CCCCC2N1. The lowest BCUT2D eigenvalue weighted by Gasteiger charge is -2.41. The first-order valence-electron chi connectivity index (χ1n) is 7.81. The van der Waals surface area contributed by atoms with E-state index in [2.05, 4.69) is 19.2 Å². The normalized spacial score (nSPS) is 31.8. The lowest BCUT2D eigenvalue weighted by atomic mass is 9.77. The molecule has 1 aliphatic heterocycles. The summed E-state index contributed by atoms with van der Waals surface area (Å²) in [5.74, 6) is 1.17. The topological polar surface area (TPSA) is 32.3 Å². The number of hydrogen-bond donors (Lipinski definition) is 1. The smallest absolute Gasteiger partial charge is 0.239 e. The Morgan fingerprint density at radius 3 is 2.67 bits per heavy atom. The number of carbonyl (C=O) groups excluding carboxylic acids is 1. The standard InChI is InChI=1S/C15H28N2O/c1-3-11-17(4-2)15(18)14-10-9-12-7-5-6-8-13(12)16-14/h12-14,16H,3-11H2,1-2H3. The predicted molar refractivity (Wildman–Crippen MR) is 74.4 cm³/mol. The molecule has 0 radical (unpaired) electrons. The number of nitrogens with zero attached hydrogens (tertiary/aromatic N) is 1. The highest BCUT2D eigenvalue weighted by Gasteiger charge is 2.35. The van der Waals surface area contributed by atoms with Crippen LogP contribution in [0.2, 0.25) is 0 Å². The molecule has 3 heteroatoms. The number of likely N-dealkylation sites (N-methyl/N-ethyl adjacent to an activating group) is 1. The van der Waals surface area contributed by atoms with Gasteiger partial charge in [0.25, 0.3) is 0 Å². The van der Waals surface area contributed by atoms with Gasteiger partial charge in [-0.2, -0.15) is 0 Å². The second kappa shape index (κ2) is 6.55. The molecule has 3 atom stereocenters. The fourth-order valence-corrected chi connectivity index (χ4v) is 3.60. The summed E-state index contributed by atoms with van der Waals surface area (Å²) >= 11 is 0. The largest absolute Gasteiger partial charge is 0.342 e. The molecule has 2 rings (SSSR count). The summed E-state index contributed by atoms with van der Waals surface area (Å²) in [7, 11) is 0. The van der Waals surface area contributed by atoms with Gasteiger partial charge < -0.3 is 10.2 Å². The van der Waals surface area contributed by atoms with Crippen LogP contribution >= 0.6 is 0 Å². The van der Waals surface area contributed by atoms with Crippen LogP contribution in [0.15, 0.2) is 0 Å². The molecule has 1 saturated carbocycles. The van der Waals surface area contributed by atoms with Crippen LogP contribution in [0.1, 0.15) is 58.8 Å². The summed E-state index contributed by atoms with van der Waals surface area (Å²) in [6.45, 7) is 5.97. The molecule has 0 aromatic carbocycles. The molecule has 2 aliphatic rings. The molecule has 1 heterocycles. The Balaban J connectivity index is 1.91. The van der Waals surface area contributed by atoms with Crippen molar-refractivity contribution in [2.24, 2.45) is 5.92 Å². The molecule has 1 N–H and O–H groups in total. The third-order valence-electron chi connectivity index (χ3n) is 4.64. The van der Waals surface area contributed by atoms with E-state index in [1.807, 2.05) is 4.90 Å². The van der Waals surface area contributed by atoms with Crippen molar-refractivity contribution >= 4 is 5.91 Å². The molecule has 104 valence electrons. The van der Waals surface area contributed by atoms with E-state index < -0.39 is 0 Å². The van der Waals surface area contributed by atoms with Gasteiger partial charge in [-0.1, -0.05) is 19.8 Å². The maximum Gasteiger partial charge on any atom is 0.239 e. The minimum absolute atomic E-state index is 0.0934. The fraction of sp³-hybridized carbons (Fsp3) is 0.933. The monoisotopic (exact) mass is 252 g/mol. The van der Waals surface area contributed by atoms with Crippen molar-refractivity contribution in [3.05, 3.63) is 0 Å². The van der Waals surface area contributed by atoms with Crippen molar-refractivity contribution in [2.45, 2.75) is 70.9 Å². The Morgan fingerprint density at radius 1 is 1.17 bits per heavy atom. The number of carbonyl (C=O) groups is 1. The molecule has 0 spiro atoms. The van der Waals surface area contributed by atoms with E-state index in [-0.39, 0.29) is 6.04 Å². The lowest BCUT2D eigenvalue weighted by Crippen LogP contribution is -2.55. The van der Waals surface area contributed by atoms with Crippen molar-refractivity contribution in [1.29, 1.82) is 0 Å². The third kappa shape index (κ3) is 3.05. The van der Waals surface area contributed by atoms with Crippen LogP contribution in [0.3, 0.4) is 0 Å². The molecule has 1 amide bonds. The van der Waals surface area contributed by atoms with Crippen LogP contribution in [-0.4, -0.2) is 36.0 Å². The van der Waals surface area contributed by atoms with Crippen molar-refractivity contribution < 1.29 is 4.79 Å². The highest BCUT2D eigenvalue weighted by molar-refractivity contribution is 5.82. The number of rotatable bonds is 4.